The summed E-state index contributed by atoms with van der Waals surface area (Å²) in [6.45, 7) is 0. The fourth-order valence-corrected chi connectivity index (χ4v) is 2.36. The molecule has 1 aromatic carbocycles. The van der Waals surface area contributed by atoms with Gasteiger partial charge >= 0.3 is 0 Å². The second kappa shape index (κ2) is 5.14. The van der Waals surface area contributed by atoms with Crippen molar-refractivity contribution in [3.8, 4) is 0 Å². The van der Waals surface area contributed by atoms with Gasteiger partial charge < -0.3 is 0 Å². The van der Waals surface area contributed by atoms with Crippen molar-refractivity contribution in [2.45, 2.75) is 4.90 Å². The van der Waals surface area contributed by atoms with E-state index >= 15 is 0 Å². The number of thioether (sulfide) groups is 1. The van der Waals surface area contributed by atoms with Crippen LogP contribution in [0.1, 0.15) is 4.88 Å². The van der Waals surface area contributed by atoms with Crippen molar-refractivity contribution < 1.29 is 0 Å². The van der Waals surface area contributed by atoms with Crippen molar-refractivity contribution in [3.05, 3.63) is 46.7 Å². The Bertz CT molecular complexity index is 446. The maximum Gasteiger partial charge on any atom is 0.0765 e. The molecule has 3 heteroatoms. The average molecular weight is 233 g/mol. The smallest absolute Gasteiger partial charge is 0.0765 e. The lowest BCUT2D eigenvalue weighted by Gasteiger charge is -1.99. The maximum absolute atomic E-state index is 4.48. The van der Waals surface area contributed by atoms with Gasteiger partial charge in [0.1, 0.15) is 0 Å². The lowest BCUT2D eigenvalue weighted by atomic mass is 10.3. The molecule has 0 atom stereocenters. The summed E-state index contributed by atoms with van der Waals surface area (Å²) in [5.74, 6) is 0. The third kappa shape index (κ3) is 2.70. The lowest BCUT2D eigenvalue weighted by Crippen LogP contribution is -1.74. The van der Waals surface area contributed by atoms with Gasteiger partial charge in [-0.15, -0.1) is 23.1 Å². The van der Waals surface area contributed by atoms with Crippen molar-refractivity contribution in [2.24, 2.45) is 4.99 Å². The van der Waals surface area contributed by atoms with Gasteiger partial charge in [-0.3, -0.25) is 4.99 Å². The molecular formula is C12H11NS2. The van der Waals surface area contributed by atoms with Crippen LogP contribution in [0, 0.1) is 0 Å². The highest BCUT2D eigenvalue weighted by molar-refractivity contribution is 7.98. The lowest BCUT2D eigenvalue weighted by molar-refractivity contribution is 1.39. The first-order chi connectivity index (χ1) is 7.40. The molecule has 15 heavy (non-hydrogen) atoms. The van der Waals surface area contributed by atoms with E-state index < -0.39 is 0 Å². The Kier molecular flexibility index (Phi) is 3.59. The van der Waals surface area contributed by atoms with E-state index in [2.05, 4.69) is 28.8 Å². The summed E-state index contributed by atoms with van der Waals surface area (Å²) >= 11 is 3.42. The van der Waals surface area contributed by atoms with Crippen molar-refractivity contribution in [2.75, 3.05) is 6.26 Å². The van der Waals surface area contributed by atoms with E-state index in [1.54, 1.807) is 23.1 Å². The SMILES string of the molecule is CSc1ccccc1/N=C/c1cccs1. The van der Waals surface area contributed by atoms with E-state index in [9.17, 15) is 0 Å². The second-order valence-corrected chi connectivity index (χ2v) is 4.77. The van der Waals surface area contributed by atoms with Crippen molar-refractivity contribution >= 4 is 35.0 Å². The maximum atomic E-state index is 4.48. The largest absolute Gasteiger partial charge is 0.254 e. The molecule has 0 saturated carbocycles. The van der Waals surface area contributed by atoms with Gasteiger partial charge in [0.05, 0.1) is 5.69 Å². The summed E-state index contributed by atoms with van der Waals surface area (Å²) in [5, 5.41) is 2.06. The van der Waals surface area contributed by atoms with E-state index in [4.69, 9.17) is 0 Å². The Morgan fingerprint density at radius 2 is 2.07 bits per heavy atom. The van der Waals surface area contributed by atoms with Crippen LogP contribution in [0.15, 0.2) is 51.7 Å². The summed E-state index contributed by atoms with van der Waals surface area (Å²) in [6.07, 6.45) is 3.99. The fourth-order valence-electron chi connectivity index (χ4n) is 1.23. The molecule has 0 saturated heterocycles. The zero-order valence-corrected chi connectivity index (χ0v) is 10.0. The first-order valence-electron chi connectivity index (χ1n) is 4.61. The minimum absolute atomic E-state index is 1.04. The summed E-state index contributed by atoms with van der Waals surface area (Å²) in [5.41, 5.74) is 1.04. The summed E-state index contributed by atoms with van der Waals surface area (Å²) < 4.78 is 0. The molecule has 0 amide bonds. The topological polar surface area (TPSA) is 12.4 Å². The van der Waals surface area contributed by atoms with Crippen LogP contribution in [0.5, 0.6) is 0 Å². The normalized spacial score (nSPS) is 11.0. The number of thiophene rings is 1. The van der Waals surface area contributed by atoms with Gasteiger partial charge in [-0.25, -0.2) is 0 Å². The summed E-state index contributed by atoms with van der Waals surface area (Å²) in [7, 11) is 0. The van der Waals surface area contributed by atoms with Gasteiger partial charge in [-0.2, -0.15) is 0 Å². The summed E-state index contributed by atoms with van der Waals surface area (Å²) in [6, 6.07) is 12.3. The first kappa shape index (κ1) is 10.5. The molecule has 0 aliphatic carbocycles. The van der Waals surface area contributed by atoms with Crippen LogP contribution in [0.25, 0.3) is 0 Å². The third-order valence-corrected chi connectivity index (χ3v) is 3.55. The minimum atomic E-state index is 1.04. The van der Waals surface area contributed by atoms with Gasteiger partial charge in [0.2, 0.25) is 0 Å². The molecular weight excluding hydrogens is 222 g/mol. The van der Waals surface area contributed by atoms with Crippen LogP contribution in [0.2, 0.25) is 0 Å². The number of rotatable bonds is 3. The Morgan fingerprint density at radius 1 is 1.20 bits per heavy atom. The highest BCUT2D eigenvalue weighted by Gasteiger charge is 1.96. The first-order valence-corrected chi connectivity index (χ1v) is 6.71. The van der Waals surface area contributed by atoms with Crippen LogP contribution in [-0.4, -0.2) is 12.5 Å². The minimum Gasteiger partial charge on any atom is -0.254 e. The zero-order valence-electron chi connectivity index (χ0n) is 8.38. The number of aliphatic imine (C=N–C) groups is 1. The van der Waals surface area contributed by atoms with E-state index in [1.165, 1.54) is 9.77 Å². The number of benzene rings is 1. The van der Waals surface area contributed by atoms with Crippen LogP contribution in [0.3, 0.4) is 0 Å². The predicted molar refractivity (Wildman–Crippen MR) is 69.8 cm³/mol. The van der Waals surface area contributed by atoms with Gasteiger partial charge in [0.15, 0.2) is 0 Å². The third-order valence-electron chi connectivity index (χ3n) is 1.96. The Labute approximate surface area is 97.9 Å². The number of nitrogens with zero attached hydrogens (tertiary/aromatic N) is 1. The monoisotopic (exact) mass is 233 g/mol. The molecule has 0 unspecified atom stereocenters. The van der Waals surface area contributed by atoms with Gasteiger partial charge in [-0.05, 0) is 29.8 Å². The average Bonchev–Trinajstić information content (AvgIpc) is 2.79. The van der Waals surface area contributed by atoms with Crippen LogP contribution < -0.4 is 0 Å². The van der Waals surface area contributed by atoms with Crippen LogP contribution in [-0.2, 0) is 0 Å². The molecule has 0 radical (unpaired) electrons. The van der Waals surface area contributed by atoms with Crippen LogP contribution >= 0.6 is 23.1 Å². The predicted octanol–water partition coefficient (Wildman–Crippen LogP) is 4.22. The zero-order chi connectivity index (χ0) is 10.5. The molecule has 1 nitrogen and oxygen atoms in total. The molecule has 76 valence electrons. The van der Waals surface area contributed by atoms with E-state index in [1.807, 2.05) is 30.5 Å². The van der Waals surface area contributed by atoms with Crippen molar-refractivity contribution in [1.29, 1.82) is 0 Å². The molecule has 0 aliphatic rings. The number of hydrogen-bond donors (Lipinski definition) is 0. The molecule has 0 fully saturated rings. The van der Waals surface area contributed by atoms with Gasteiger partial charge in [0, 0.05) is 16.0 Å². The van der Waals surface area contributed by atoms with Crippen LogP contribution in [0.4, 0.5) is 5.69 Å². The van der Waals surface area contributed by atoms with Gasteiger partial charge in [-0.1, -0.05) is 18.2 Å². The van der Waals surface area contributed by atoms with Crippen molar-refractivity contribution in [1.82, 2.24) is 0 Å². The van der Waals surface area contributed by atoms with Gasteiger partial charge in [0.25, 0.3) is 0 Å². The van der Waals surface area contributed by atoms with E-state index in [0.29, 0.717) is 0 Å². The second-order valence-electron chi connectivity index (χ2n) is 2.95. The fraction of sp³-hybridized carbons (Fsp3) is 0.0833. The number of para-hydroxylation sites is 1. The Hall–Kier alpha value is -1.06. The van der Waals surface area contributed by atoms with Crippen molar-refractivity contribution in [3.63, 3.8) is 0 Å². The molecule has 2 aromatic rings. The highest BCUT2D eigenvalue weighted by Crippen LogP contribution is 2.27. The molecule has 1 aromatic heterocycles. The molecule has 2 rings (SSSR count). The summed E-state index contributed by atoms with van der Waals surface area (Å²) in [4.78, 5) is 6.88. The Balaban J connectivity index is 2.24. The highest BCUT2D eigenvalue weighted by atomic mass is 32.2. The van der Waals surface area contributed by atoms with E-state index in [-0.39, 0.29) is 0 Å². The number of hydrogen-bond acceptors (Lipinski definition) is 3. The molecule has 0 spiro atoms. The molecule has 0 aliphatic heterocycles. The molecule has 0 bridgehead atoms. The van der Waals surface area contributed by atoms with E-state index in [0.717, 1.165) is 5.69 Å². The quantitative estimate of drug-likeness (QED) is 0.571. The Morgan fingerprint density at radius 3 is 2.80 bits per heavy atom. The molecule has 0 N–H and O–H groups in total. The standard InChI is InChI=1S/C12H11NS2/c1-14-12-7-3-2-6-11(12)13-9-10-5-4-8-15-10/h2-9H,1H3/b13-9+. The molecule has 1 heterocycles.